The quantitative estimate of drug-likeness (QED) is 0.543. The summed E-state index contributed by atoms with van der Waals surface area (Å²) in [6, 6.07) is 11.9. The normalized spacial score (nSPS) is 16.8. The van der Waals surface area contributed by atoms with Crippen molar-refractivity contribution in [3.63, 3.8) is 0 Å². The molecule has 1 aliphatic rings. The lowest BCUT2D eigenvalue weighted by molar-refractivity contribution is 0.0835. The lowest BCUT2D eigenvalue weighted by Crippen LogP contribution is -2.07. The van der Waals surface area contributed by atoms with Gasteiger partial charge in [-0.25, -0.2) is 9.67 Å². The average Bonchev–Trinajstić information content (AvgIpc) is 3.48. The van der Waals surface area contributed by atoms with Crippen LogP contribution < -0.4 is 0 Å². The summed E-state index contributed by atoms with van der Waals surface area (Å²) in [7, 11) is 0. The Hall–Kier alpha value is -3.26. The molecule has 27 heavy (non-hydrogen) atoms. The minimum atomic E-state index is -0.0759. The first-order valence-corrected chi connectivity index (χ1v) is 8.93. The predicted octanol–water partition coefficient (Wildman–Crippen LogP) is 3.02. The average molecular weight is 362 g/mol. The molecule has 1 saturated heterocycles. The first-order chi connectivity index (χ1) is 13.4. The zero-order valence-electron chi connectivity index (χ0n) is 14.6. The topological polar surface area (TPSA) is 83.8 Å². The third-order valence-corrected chi connectivity index (χ3v) is 4.59. The van der Waals surface area contributed by atoms with Gasteiger partial charge in [-0.2, -0.15) is 10.1 Å². The maximum Gasteiger partial charge on any atom is 0.255 e. The van der Waals surface area contributed by atoms with Crippen LogP contribution in [0.15, 0.2) is 59.5 Å². The van der Waals surface area contributed by atoms with E-state index in [2.05, 4.69) is 20.2 Å². The summed E-state index contributed by atoms with van der Waals surface area (Å²) in [5.41, 5.74) is 1.88. The molecule has 1 atom stereocenters. The van der Waals surface area contributed by atoms with Crippen LogP contribution in [0.4, 0.5) is 0 Å². The lowest BCUT2D eigenvalue weighted by atomic mass is 10.2. The molecule has 4 aromatic rings. The van der Waals surface area contributed by atoms with Crippen molar-refractivity contribution in [2.24, 2.45) is 0 Å². The van der Waals surface area contributed by atoms with Crippen LogP contribution in [-0.4, -0.2) is 36.1 Å². The summed E-state index contributed by atoms with van der Waals surface area (Å²) in [6.45, 7) is 1.21. The van der Waals surface area contributed by atoms with Crippen molar-refractivity contribution < 1.29 is 9.26 Å². The van der Waals surface area contributed by atoms with E-state index in [9.17, 15) is 0 Å². The third kappa shape index (κ3) is 3.04. The van der Waals surface area contributed by atoms with Crippen molar-refractivity contribution in [1.29, 1.82) is 0 Å². The number of para-hydroxylation sites is 1. The fraction of sp³-hybridized carbons (Fsp3) is 0.263. The summed E-state index contributed by atoms with van der Waals surface area (Å²) in [4.78, 5) is 9.01. The van der Waals surface area contributed by atoms with Gasteiger partial charge in [-0.15, -0.1) is 0 Å². The summed E-state index contributed by atoms with van der Waals surface area (Å²) in [5, 5.41) is 8.55. The molecule has 8 heteroatoms. The molecular weight excluding hydrogens is 344 g/mol. The second-order valence-corrected chi connectivity index (χ2v) is 6.39. The molecule has 1 aliphatic heterocycles. The van der Waals surface area contributed by atoms with E-state index in [-0.39, 0.29) is 6.10 Å². The minimum Gasteiger partial charge on any atom is -0.368 e. The zero-order valence-corrected chi connectivity index (χ0v) is 14.6. The SMILES string of the molecule is c1ccc(-n2nccc2-c2nccn2Cc2noc(C3CCCO3)n2)cc1. The van der Waals surface area contributed by atoms with E-state index in [4.69, 9.17) is 9.26 Å². The van der Waals surface area contributed by atoms with Gasteiger partial charge in [0.15, 0.2) is 11.6 Å². The Morgan fingerprint density at radius 1 is 1.11 bits per heavy atom. The largest absolute Gasteiger partial charge is 0.368 e. The highest BCUT2D eigenvalue weighted by Gasteiger charge is 2.24. The van der Waals surface area contributed by atoms with Crippen LogP contribution in [0.5, 0.6) is 0 Å². The molecule has 5 rings (SSSR count). The second-order valence-electron chi connectivity index (χ2n) is 6.39. The number of aromatic nitrogens is 6. The van der Waals surface area contributed by atoms with Crippen LogP contribution >= 0.6 is 0 Å². The maximum absolute atomic E-state index is 5.61. The molecule has 136 valence electrons. The van der Waals surface area contributed by atoms with Gasteiger partial charge < -0.3 is 13.8 Å². The summed E-state index contributed by atoms with van der Waals surface area (Å²) in [6.07, 6.45) is 7.31. The van der Waals surface area contributed by atoms with Gasteiger partial charge in [0.25, 0.3) is 5.89 Å². The third-order valence-electron chi connectivity index (χ3n) is 4.59. The van der Waals surface area contributed by atoms with Crippen molar-refractivity contribution in [2.75, 3.05) is 6.61 Å². The molecule has 0 spiro atoms. The van der Waals surface area contributed by atoms with Crippen LogP contribution in [-0.2, 0) is 11.3 Å². The molecule has 0 bridgehead atoms. The molecule has 0 amide bonds. The van der Waals surface area contributed by atoms with E-state index >= 15 is 0 Å². The standard InChI is InChI=1S/C19H18N6O2/c1-2-5-14(6-3-1)25-15(8-9-21-25)18-20-10-11-24(18)13-17-22-19(27-23-17)16-7-4-12-26-16/h1-3,5-6,8-11,16H,4,7,12-13H2. The Labute approximate surface area is 155 Å². The number of rotatable bonds is 5. The predicted molar refractivity (Wildman–Crippen MR) is 96.1 cm³/mol. The van der Waals surface area contributed by atoms with Crippen LogP contribution in [0.25, 0.3) is 17.2 Å². The first kappa shape index (κ1) is 16.0. The summed E-state index contributed by atoms with van der Waals surface area (Å²) >= 11 is 0. The monoisotopic (exact) mass is 362 g/mol. The Morgan fingerprint density at radius 2 is 2.04 bits per heavy atom. The smallest absolute Gasteiger partial charge is 0.255 e. The molecule has 0 N–H and O–H groups in total. The number of imidazole rings is 1. The summed E-state index contributed by atoms with van der Waals surface area (Å²) in [5.74, 6) is 1.95. The van der Waals surface area contributed by atoms with Gasteiger partial charge in [-0.05, 0) is 31.0 Å². The number of hydrogen-bond donors (Lipinski definition) is 0. The number of nitrogens with zero attached hydrogens (tertiary/aromatic N) is 6. The molecule has 4 heterocycles. The molecular formula is C19H18N6O2. The molecule has 8 nitrogen and oxygen atoms in total. The van der Waals surface area contributed by atoms with Crippen molar-refractivity contribution >= 4 is 0 Å². The van der Waals surface area contributed by atoms with Gasteiger partial charge >= 0.3 is 0 Å². The molecule has 0 aliphatic carbocycles. The first-order valence-electron chi connectivity index (χ1n) is 8.93. The van der Waals surface area contributed by atoms with Gasteiger partial charge in [-0.1, -0.05) is 23.4 Å². The lowest BCUT2D eigenvalue weighted by Gasteiger charge is -2.09. The van der Waals surface area contributed by atoms with E-state index in [1.807, 2.05) is 51.8 Å². The highest BCUT2D eigenvalue weighted by molar-refractivity contribution is 5.54. The van der Waals surface area contributed by atoms with E-state index < -0.39 is 0 Å². The zero-order chi connectivity index (χ0) is 18.1. The van der Waals surface area contributed by atoms with Gasteiger partial charge in [0.1, 0.15) is 11.8 Å². The van der Waals surface area contributed by atoms with Crippen LogP contribution in [0.2, 0.25) is 0 Å². The minimum absolute atomic E-state index is 0.0759. The fourth-order valence-corrected chi connectivity index (χ4v) is 3.30. The maximum atomic E-state index is 5.61. The Morgan fingerprint density at radius 3 is 2.89 bits per heavy atom. The summed E-state index contributed by atoms with van der Waals surface area (Å²) < 4.78 is 14.8. The highest BCUT2D eigenvalue weighted by Crippen LogP contribution is 2.27. The van der Waals surface area contributed by atoms with Gasteiger partial charge in [-0.3, -0.25) is 0 Å². The van der Waals surface area contributed by atoms with Crippen molar-refractivity contribution in [1.82, 2.24) is 29.5 Å². The highest BCUT2D eigenvalue weighted by atomic mass is 16.5. The number of hydrogen-bond acceptors (Lipinski definition) is 6. The van der Waals surface area contributed by atoms with Crippen molar-refractivity contribution in [3.8, 4) is 17.2 Å². The van der Waals surface area contributed by atoms with Crippen LogP contribution in [0.1, 0.15) is 30.7 Å². The Balaban J connectivity index is 1.43. The van der Waals surface area contributed by atoms with Crippen molar-refractivity contribution in [3.05, 3.63) is 66.7 Å². The molecule has 0 radical (unpaired) electrons. The molecule has 1 aromatic carbocycles. The van der Waals surface area contributed by atoms with Gasteiger partial charge in [0, 0.05) is 19.0 Å². The van der Waals surface area contributed by atoms with Crippen molar-refractivity contribution in [2.45, 2.75) is 25.5 Å². The Kier molecular flexibility index (Phi) is 4.02. The molecule has 3 aromatic heterocycles. The van der Waals surface area contributed by atoms with Gasteiger partial charge in [0.2, 0.25) is 0 Å². The number of ether oxygens (including phenoxy) is 1. The van der Waals surface area contributed by atoms with Gasteiger partial charge in [0.05, 0.1) is 18.4 Å². The van der Waals surface area contributed by atoms with Crippen LogP contribution in [0, 0.1) is 0 Å². The molecule has 0 saturated carbocycles. The van der Waals surface area contributed by atoms with E-state index in [1.54, 1.807) is 12.4 Å². The Bertz CT molecular complexity index is 1030. The fourth-order valence-electron chi connectivity index (χ4n) is 3.30. The molecule has 1 unspecified atom stereocenters. The number of benzene rings is 1. The van der Waals surface area contributed by atoms with E-state index in [1.165, 1.54) is 0 Å². The molecule has 1 fully saturated rings. The second kappa shape index (κ2) is 6.81. The van der Waals surface area contributed by atoms with E-state index in [0.29, 0.717) is 18.3 Å². The van der Waals surface area contributed by atoms with E-state index in [0.717, 1.165) is 36.7 Å². The van der Waals surface area contributed by atoms with Crippen LogP contribution in [0.3, 0.4) is 0 Å².